The fraction of sp³-hybridized carbons (Fsp3) is 0.222. The Morgan fingerprint density at radius 3 is 2.59 bits per heavy atom. The molecule has 9 heteroatoms. The number of rotatable bonds is 5. The number of carbonyl (C=O) groups is 1. The van der Waals surface area contributed by atoms with Crippen LogP contribution in [-0.2, 0) is 16.6 Å². The number of fused-ring (bicyclic) bond motifs is 1. The summed E-state index contributed by atoms with van der Waals surface area (Å²) in [6.07, 6.45) is 1.08. The third-order valence-corrected chi connectivity index (χ3v) is 6.36. The van der Waals surface area contributed by atoms with E-state index in [1.807, 2.05) is 6.92 Å². The van der Waals surface area contributed by atoms with Crippen LogP contribution in [0.3, 0.4) is 0 Å². The van der Waals surface area contributed by atoms with Gasteiger partial charge in [0.2, 0.25) is 10.0 Å². The molecule has 0 unspecified atom stereocenters. The summed E-state index contributed by atoms with van der Waals surface area (Å²) in [6, 6.07) is 11.7. The molecule has 0 radical (unpaired) electrons. The number of anilines is 2. The SMILES string of the molecule is CCn1c(=O)sc2cc(NC(=O)c3ccccc3N(C)S(C)(=O)=O)ccc21. The first-order valence-electron chi connectivity index (χ1n) is 8.20. The van der Waals surface area contributed by atoms with E-state index in [-0.39, 0.29) is 10.4 Å². The number of thiazole rings is 1. The zero-order valence-electron chi connectivity index (χ0n) is 15.1. The molecule has 1 heterocycles. The van der Waals surface area contributed by atoms with Gasteiger partial charge in [-0.2, -0.15) is 0 Å². The molecule has 3 rings (SSSR count). The van der Waals surface area contributed by atoms with Gasteiger partial charge in [-0.15, -0.1) is 0 Å². The predicted octanol–water partition coefficient (Wildman–Crippen LogP) is 2.73. The van der Waals surface area contributed by atoms with E-state index >= 15 is 0 Å². The average molecular weight is 406 g/mol. The molecule has 0 aliphatic rings. The number of sulfonamides is 1. The molecular weight excluding hydrogens is 386 g/mol. The van der Waals surface area contributed by atoms with E-state index < -0.39 is 15.9 Å². The molecule has 1 N–H and O–H groups in total. The zero-order chi connectivity index (χ0) is 19.8. The molecule has 27 heavy (non-hydrogen) atoms. The van der Waals surface area contributed by atoms with Crippen LogP contribution in [0, 0.1) is 0 Å². The number of hydrogen-bond acceptors (Lipinski definition) is 5. The summed E-state index contributed by atoms with van der Waals surface area (Å²) in [7, 11) is -2.10. The molecule has 0 fully saturated rings. The highest BCUT2D eigenvalue weighted by Gasteiger charge is 2.19. The fourth-order valence-corrected chi connectivity index (χ4v) is 4.27. The van der Waals surface area contributed by atoms with E-state index in [1.165, 1.54) is 7.05 Å². The number of nitrogens with zero attached hydrogens (tertiary/aromatic N) is 2. The minimum absolute atomic E-state index is 0.0453. The van der Waals surface area contributed by atoms with Crippen molar-refractivity contribution in [3.63, 3.8) is 0 Å². The van der Waals surface area contributed by atoms with Gasteiger partial charge in [0, 0.05) is 19.3 Å². The Hall–Kier alpha value is -2.65. The van der Waals surface area contributed by atoms with Gasteiger partial charge in [-0.3, -0.25) is 18.5 Å². The molecular formula is C18H19N3O4S2. The van der Waals surface area contributed by atoms with Gasteiger partial charge in [0.25, 0.3) is 5.91 Å². The number of benzene rings is 2. The second kappa shape index (κ2) is 7.16. The second-order valence-electron chi connectivity index (χ2n) is 6.00. The summed E-state index contributed by atoms with van der Waals surface area (Å²) in [5.41, 5.74) is 1.89. The summed E-state index contributed by atoms with van der Waals surface area (Å²) >= 11 is 1.12. The maximum atomic E-state index is 12.7. The van der Waals surface area contributed by atoms with Gasteiger partial charge in [-0.25, -0.2) is 8.42 Å². The predicted molar refractivity (Wildman–Crippen MR) is 109 cm³/mol. The number of hydrogen-bond donors (Lipinski definition) is 1. The van der Waals surface area contributed by atoms with Crippen LogP contribution in [0.1, 0.15) is 17.3 Å². The van der Waals surface area contributed by atoms with Crippen molar-refractivity contribution >= 4 is 48.9 Å². The Morgan fingerprint density at radius 2 is 1.93 bits per heavy atom. The topological polar surface area (TPSA) is 88.5 Å². The summed E-state index contributed by atoms with van der Waals surface area (Å²) in [6.45, 7) is 2.48. The molecule has 0 saturated carbocycles. The van der Waals surface area contributed by atoms with E-state index in [1.54, 1.807) is 47.0 Å². The van der Waals surface area contributed by atoms with Gasteiger partial charge < -0.3 is 5.32 Å². The lowest BCUT2D eigenvalue weighted by atomic mass is 10.1. The Bertz CT molecular complexity index is 1180. The third kappa shape index (κ3) is 3.74. The molecule has 0 bridgehead atoms. The van der Waals surface area contributed by atoms with Crippen molar-refractivity contribution in [3.8, 4) is 0 Å². The smallest absolute Gasteiger partial charge is 0.308 e. The minimum Gasteiger partial charge on any atom is -0.322 e. The lowest BCUT2D eigenvalue weighted by molar-refractivity contribution is 0.102. The van der Waals surface area contributed by atoms with Crippen LogP contribution in [0.25, 0.3) is 10.2 Å². The van der Waals surface area contributed by atoms with E-state index in [0.29, 0.717) is 17.9 Å². The van der Waals surface area contributed by atoms with Gasteiger partial charge in [0.1, 0.15) is 0 Å². The summed E-state index contributed by atoms with van der Waals surface area (Å²) in [4.78, 5) is 24.7. The summed E-state index contributed by atoms with van der Waals surface area (Å²) in [5.74, 6) is -0.428. The molecule has 0 saturated heterocycles. The second-order valence-corrected chi connectivity index (χ2v) is 9.00. The molecule has 1 amide bonds. The maximum absolute atomic E-state index is 12.7. The van der Waals surface area contributed by atoms with Gasteiger partial charge in [-0.05, 0) is 37.3 Å². The van der Waals surface area contributed by atoms with Crippen molar-refractivity contribution < 1.29 is 13.2 Å². The first-order chi connectivity index (χ1) is 12.7. The van der Waals surface area contributed by atoms with Crippen LogP contribution in [0.15, 0.2) is 47.3 Å². The van der Waals surface area contributed by atoms with Crippen molar-refractivity contribution in [1.29, 1.82) is 0 Å². The van der Waals surface area contributed by atoms with Crippen molar-refractivity contribution in [2.24, 2.45) is 0 Å². The average Bonchev–Trinajstić information content (AvgIpc) is 2.94. The third-order valence-electron chi connectivity index (χ3n) is 4.23. The van der Waals surface area contributed by atoms with Crippen LogP contribution >= 0.6 is 11.3 Å². The minimum atomic E-state index is -3.50. The van der Waals surface area contributed by atoms with Gasteiger partial charge >= 0.3 is 4.87 Å². The highest BCUT2D eigenvalue weighted by molar-refractivity contribution is 7.92. The number of para-hydroxylation sites is 1. The Balaban J connectivity index is 1.95. The van der Waals surface area contributed by atoms with Crippen LogP contribution in [0.5, 0.6) is 0 Å². The van der Waals surface area contributed by atoms with Crippen LogP contribution in [-0.4, -0.2) is 32.2 Å². The van der Waals surface area contributed by atoms with Crippen molar-refractivity contribution in [3.05, 3.63) is 57.7 Å². The molecule has 0 spiro atoms. The molecule has 0 atom stereocenters. The first-order valence-corrected chi connectivity index (χ1v) is 10.9. The van der Waals surface area contributed by atoms with E-state index in [9.17, 15) is 18.0 Å². The zero-order valence-corrected chi connectivity index (χ0v) is 16.7. The lowest BCUT2D eigenvalue weighted by Gasteiger charge is -2.19. The van der Waals surface area contributed by atoms with Gasteiger partial charge in [0.15, 0.2) is 0 Å². The highest BCUT2D eigenvalue weighted by Crippen LogP contribution is 2.25. The van der Waals surface area contributed by atoms with Crippen molar-refractivity contribution in [1.82, 2.24) is 4.57 Å². The quantitative estimate of drug-likeness (QED) is 0.707. The Kier molecular flexibility index (Phi) is 5.07. The molecule has 0 aliphatic heterocycles. The standard InChI is InChI=1S/C18H19N3O4S2/c1-4-21-15-10-9-12(11-16(15)26-18(21)23)19-17(22)13-7-5-6-8-14(13)20(2)27(3,24)25/h5-11H,4H2,1-3H3,(H,19,22). The molecule has 142 valence electrons. The van der Waals surface area contributed by atoms with E-state index in [2.05, 4.69) is 5.32 Å². The number of aromatic nitrogens is 1. The molecule has 1 aromatic heterocycles. The lowest BCUT2D eigenvalue weighted by Crippen LogP contribution is -2.27. The summed E-state index contributed by atoms with van der Waals surface area (Å²) in [5, 5.41) is 2.78. The largest absolute Gasteiger partial charge is 0.322 e. The van der Waals surface area contributed by atoms with Gasteiger partial charge in [-0.1, -0.05) is 23.5 Å². The number of aryl methyl sites for hydroxylation is 1. The number of nitrogens with one attached hydrogen (secondary N) is 1. The fourth-order valence-electron chi connectivity index (χ4n) is 2.76. The van der Waals surface area contributed by atoms with Crippen LogP contribution in [0.2, 0.25) is 0 Å². The van der Waals surface area contributed by atoms with Crippen LogP contribution in [0.4, 0.5) is 11.4 Å². The Morgan fingerprint density at radius 1 is 1.22 bits per heavy atom. The Labute approximate surface area is 160 Å². The van der Waals surface area contributed by atoms with Crippen LogP contribution < -0.4 is 14.5 Å². The summed E-state index contributed by atoms with van der Waals surface area (Å²) < 4.78 is 27.2. The van der Waals surface area contributed by atoms with E-state index in [0.717, 1.165) is 32.1 Å². The van der Waals surface area contributed by atoms with Crippen molar-refractivity contribution in [2.75, 3.05) is 22.9 Å². The van der Waals surface area contributed by atoms with Gasteiger partial charge in [0.05, 0.1) is 27.7 Å². The van der Waals surface area contributed by atoms with Crippen molar-refractivity contribution in [2.45, 2.75) is 13.5 Å². The first kappa shape index (κ1) is 19.1. The maximum Gasteiger partial charge on any atom is 0.308 e. The molecule has 0 aliphatic carbocycles. The normalized spacial score (nSPS) is 11.5. The monoisotopic (exact) mass is 405 g/mol. The highest BCUT2D eigenvalue weighted by atomic mass is 32.2. The number of carbonyl (C=O) groups excluding carboxylic acids is 1. The molecule has 3 aromatic rings. The molecule has 7 nitrogen and oxygen atoms in total. The van der Waals surface area contributed by atoms with E-state index in [4.69, 9.17) is 0 Å². The number of amides is 1. The molecule has 2 aromatic carbocycles.